The van der Waals surface area contributed by atoms with Crippen LogP contribution in [-0.2, 0) is 11.4 Å². The lowest BCUT2D eigenvalue weighted by molar-refractivity contribution is -0.118. The first-order valence-electron chi connectivity index (χ1n) is 10.7. The number of dihydropyridines is 1. The van der Waals surface area contributed by atoms with Gasteiger partial charge in [0.2, 0.25) is 0 Å². The highest BCUT2D eigenvalue weighted by Crippen LogP contribution is 2.46. The van der Waals surface area contributed by atoms with Gasteiger partial charge in [-0.2, -0.15) is 5.26 Å². The van der Waals surface area contributed by atoms with Crippen LogP contribution in [0.15, 0.2) is 71.1 Å². The zero-order valence-corrected chi connectivity index (χ0v) is 18.6. The maximum Gasteiger partial charge on any atom is 0.162 e. The smallest absolute Gasteiger partial charge is 0.162 e. The van der Waals surface area contributed by atoms with Crippen LogP contribution >= 0.6 is 0 Å². The van der Waals surface area contributed by atoms with Crippen LogP contribution in [0.3, 0.4) is 0 Å². The zero-order valence-electron chi connectivity index (χ0n) is 18.6. The van der Waals surface area contributed by atoms with E-state index in [9.17, 15) is 10.1 Å². The van der Waals surface area contributed by atoms with Crippen LogP contribution < -0.4 is 10.1 Å². The third kappa shape index (κ3) is 4.27. The molecule has 2 aromatic rings. The van der Waals surface area contributed by atoms with Crippen LogP contribution in [0.2, 0.25) is 0 Å². The van der Waals surface area contributed by atoms with Crippen molar-refractivity contribution in [3.8, 4) is 11.8 Å². The number of carbonyl (C=O) groups is 1. The molecule has 4 nitrogen and oxygen atoms in total. The lowest BCUT2D eigenvalue weighted by Crippen LogP contribution is -2.36. The number of ketones is 1. The highest BCUT2D eigenvalue weighted by Gasteiger charge is 2.41. The molecule has 0 amide bonds. The van der Waals surface area contributed by atoms with Crippen LogP contribution in [0.4, 0.5) is 0 Å². The van der Waals surface area contributed by atoms with Gasteiger partial charge < -0.3 is 10.1 Å². The molecule has 0 spiro atoms. The molecule has 0 saturated carbocycles. The van der Waals surface area contributed by atoms with Crippen molar-refractivity contribution in [3.63, 3.8) is 0 Å². The molecule has 2 aliphatic rings. The molecule has 158 valence electrons. The Labute approximate surface area is 184 Å². The molecule has 31 heavy (non-hydrogen) atoms. The normalized spacial score (nSPS) is 20.1. The minimum absolute atomic E-state index is 0.0778. The molecule has 1 aliphatic heterocycles. The Morgan fingerprint density at radius 1 is 1.06 bits per heavy atom. The summed E-state index contributed by atoms with van der Waals surface area (Å²) in [4.78, 5) is 13.1. The van der Waals surface area contributed by atoms with Crippen LogP contribution in [0.1, 0.15) is 56.2 Å². The number of hydrogen-bond donors (Lipinski definition) is 1. The van der Waals surface area contributed by atoms with Gasteiger partial charge >= 0.3 is 0 Å². The van der Waals surface area contributed by atoms with E-state index >= 15 is 0 Å². The van der Waals surface area contributed by atoms with E-state index in [0.29, 0.717) is 18.6 Å². The Hall–Kier alpha value is -3.32. The molecule has 0 unspecified atom stereocenters. The van der Waals surface area contributed by atoms with E-state index in [-0.39, 0.29) is 17.1 Å². The average Bonchev–Trinajstić information content (AvgIpc) is 2.72. The Morgan fingerprint density at radius 3 is 2.39 bits per heavy atom. The van der Waals surface area contributed by atoms with Crippen LogP contribution in [0.5, 0.6) is 5.75 Å². The second-order valence-electron chi connectivity index (χ2n) is 9.38. The van der Waals surface area contributed by atoms with Gasteiger partial charge in [0.15, 0.2) is 5.78 Å². The number of aryl methyl sites for hydroxylation is 1. The summed E-state index contributed by atoms with van der Waals surface area (Å²) < 4.78 is 5.94. The Bertz CT molecular complexity index is 1110. The van der Waals surface area contributed by atoms with Crippen molar-refractivity contribution in [1.82, 2.24) is 5.32 Å². The molecule has 0 bridgehead atoms. The fraction of sp³-hybridized carbons (Fsp3) is 0.333. The number of rotatable bonds is 4. The molecule has 1 heterocycles. The van der Waals surface area contributed by atoms with E-state index in [2.05, 4.69) is 56.4 Å². The van der Waals surface area contributed by atoms with E-state index in [1.165, 1.54) is 5.56 Å². The number of benzene rings is 2. The maximum absolute atomic E-state index is 13.1. The highest BCUT2D eigenvalue weighted by molar-refractivity contribution is 6.00. The van der Waals surface area contributed by atoms with Gasteiger partial charge in [0.1, 0.15) is 12.4 Å². The van der Waals surface area contributed by atoms with Gasteiger partial charge in [-0.15, -0.1) is 0 Å². The van der Waals surface area contributed by atoms with Gasteiger partial charge in [0, 0.05) is 23.4 Å². The first-order valence-corrected chi connectivity index (χ1v) is 10.7. The number of nitrogens with zero attached hydrogens (tertiary/aromatic N) is 1. The molecule has 2 aromatic carbocycles. The van der Waals surface area contributed by atoms with Crippen molar-refractivity contribution in [2.75, 3.05) is 0 Å². The second-order valence-corrected chi connectivity index (χ2v) is 9.38. The maximum atomic E-state index is 13.1. The topological polar surface area (TPSA) is 62.1 Å². The van der Waals surface area contributed by atoms with Crippen molar-refractivity contribution in [3.05, 3.63) is 87.8 Å². The number of nitrogens with one attached hydrogen (secondary N) is 1. The Kier molecular flexibility index (Phi) is 5.45. The van der Waals surface area contributed by atoms with Crippen molar-refractivity contribution in [2.24, 2.45) is 5.41 Å². The molecule has 4 heteroatoms. The van der Waals surface area contributed by atoms with Gasteiger partial charge in [-0.05, 0) is 48.9 Å². The minimum Gasteiger partial charge on any atom is -0.489 e. The molecular weight excluding hydrogens is 384 g/mol. The largest absolute Gasteiger partial charge is 0.489 e. The van der Waals surface area contributed by atoms with Crippen molar-refractivity contribution in [2.45, 2.75) is 53.1 Å². The van der Waals surface area contributed by atoms with Crippen LogP contribution in [-0.4, -0.2) is 5.78 Å². The predicted octanol–water partition coefficient (Wildman–Crippen LogP) is 5.70. The SMILES string of the molecule is CC1=C(C#N)[C@H](c2ccc(OCc3ccc(C)cc3)cc2)C2=C(CC(C)(C)CC2=O)N1. The summed E-state index contributed by atoms with van der Waals surface area (Å²) in [5, 5.41) is 13.2. The molecule has 0 saturated heterocycles. The summed E-state index contributed by atoms with van der Waals surface area (Å²) in [5.41, 5.74) is 6.35. The molecule has 1 atom stereocenters. The van der Waals surface area contributed by atoms with E-state index < -0.39 is 0 Å². The molecule has 1 N–H and O–H groups in total. The fourth-order valence-corrected chi connectivity index (χ4v) is 4.52. The van der Waals surface area contributed by atoms with Crippen molar-refractivity contribution >= 4 is 5.78 Å². The van der Waals surface area contributed by atoms with Gasteiger partial charge in [-0.25, -0.2) is 0 Å². The van der Waals surface area contributed by atoms with Gasteiger partial charge in [-0.3, -0.25) is 4.79 Å². The molecule has 0 radical (unpaired) electrons. The van der Waals surface area contributed by atoms with Crippen molar-refractivity contribution in [1.29, 1.82) is 5.26 Å². The minimum atomic E-state index is -0.323. The van der Waals surface area contributed by atoms with Gasteiger partial charge in [0.25, 0.3) is 0 Å². The number of ether oxygens (including phenoxy) is 1. The number of allylic oxidation sites excluding steroid dienone is 4. The molecule has 1 aliphatic carbocycles. The monoisotopic (exact) mass is 412 g/mol. The highest BCUT2D eigenvalue weighted by atomic mass is 16.5. The number of nitriles is 1. The second kappa shape index (κ2) is 8.07. The summed E-state index contributed by atoms with van der Waals surface area (Å²) in [5.74, 6) is 0.572. The number of carbonyl (C=O) groups excluding carboxylic acids is 1. The predicted molar refractivity (Wildman–Crippen MR) is 121 cm³/mol. The zero-order chi connectivity index (χ0) is 22.2. The number of hydrogen-bond acceptors (Lipinski definition) is 4. The lowest BCUT2D eigenvalue weighted by atomic mass is 9.69. The summed E-state index contributed by atoms with van der Waals surface area (Å²) in [7, 11) is 0. The Morgan fingerprint density at radius 2 is 1.74 bits per heavy atom. The molecule has 0 fully saturated rings. The van der Waals surface area contributed by atoms with E-state index in [0.717, 1.165) is 40.3 Å². The average molecular weight is 413 g/mol. The Balaban J connectivity index is 1.61. The van der Waals surface area contributed by atoms with Crippen LogP contribution in [0.25, 0.3) is 0 Å². The van der Waals surface area contributed by atoms with Crippen LogP contribution in [0, 0.1) is 23.7 Å². The number of Topliss-reactive ketones (excluding diaryl/α,β-unsaturated/α-hetero) is 1. The third-order valence-corrected chi connectivity index (χ3v) is 6.10. The lowest BCUT2D eigenvalue weighted by Gasteiger charge is -2.38. The summed E-state index contributed by atoms with van der Waals surface area (Å²) >= 11 is 0. The summed E-state index contributed by atoms with van der Waals surface area (Å²) in [6.45, 7) is 8.71. The van der Waals surface area contributed by atoms with Gasteiger partial charge in [0.05, 0.1) is 17.6 Å². The van der Waals surface area contributed by atoms with E-state index in [1.807, 2.05) is 31.2 Å². The fourth-order valence-electron chi connectivity index (χ4n) is 4.52. The van der Waals surface area contributed by atoms with Gasteiger partial charge in [-0.1, -0.05) is 55.8 Å². The quantitative estimate of drug-likeness (QED) is 0.699. The first-order chi connectivity index (χ1) is 14.8. The molecular formula is C27H28N2O2. The van der Waals surface area contributed by atoms with Crippen molar-refractivity contribution < 1.29 is 9.53 Å². The standard InChI is InChI=1S/C27H28N2O2/c1-17-5-7-19(8-6-17)16-31-21-11-9-20(10-12-21)25-22(15-28)18(2)29-23-13-27(3,4)14-24(30)26(23)25/h5-12,25,29H,13-14,16H2,1-4H3/t25-/m0/s1. The third-order valence-electron chi connectivity index (χ3n) is 6.10. The first kappa shape index (κ1) is 20.9. The van der Waals surface area contributed by atoms with E-state index in [1.54, 1.807) is 0 Å². The summed E-state index contributed by atoms with van der Waals surface area (Å²) in [6.07, 6.45) is 1.30. The summed E-state index contributed by atoms with van der Waals surface area (Å²) in [6, 6.07) is 18.4. The van der Waals surface area contributed by atoms with E-state index in [4.69, 9.17) is 4.74 Å². The molecule has 4 rings (SSSR count). The molecule has 0 aromatic heterocycles.